The Labute approximate surface area is 177 Å². The average Bonchev–Trinajstić information content (AvgIpc) is 3.65. The lowest BCUT2D eigenvalue weighted by atomic mass is 9.89. The maximum atomic E-state index is 12.3. The zero-order valence-corrected chi connectivity index (χ0v) is 17.3. The first-order chi connectivity index (χ1) is 14.7. The molecule has 0 bridgehead atoms. The maximum absolute atomic E-state index is 12.3. The minimum Gasteiger partial charge on any atom is -0.367 e. The second kappa shape index (κ2) is 8.19. The number of nitriles is 1. The van der Waals surface area contributed by atoms with Crippen molar-refractivity contribution in [1.82, 2.24) is 19.8 Å². The van der Waals surface area contributed by atoms with Gasteiger partial charge in [-0.1, -0.05) is 0 Å². The van der Waals surface area contributed by atoms with E-state index >= 15 is 0 Å². The van der Waals surface area contributed by atoms with Crippen molar-refractivity contribution in [2.75, 3.05) is 31.5 Å². The SMILES string of the molecule is N#Cc1ccc2ncnc(NC3CCC(N4CCN(C(=O)C5CC5)CC4)CC3)c2c1. The van der Waals surface area contributed by atoms with E-state index in [0.717, 1.165) is 68.6 Å². The third-order valence-electron chi connectivity index (χ3n) is 6.87. The van der Waals surface area contributed by atoms with Gasteiger partial charge in [0.2, 0.25) is 5.91 Å². The number of hydrogen-bond donors (Lipinski definition) is 1. The Balaban J connectivity index is 1.16. The number of aromatic nitrogens is 2. The number of piperazine rings is 1. The molecule has 7 nitrogen and oxygen atoms in total. The van der Waals surface area contributed by atoms with Gasteiger partial charge in [-0.2, -0.15) is 5.26 Å². The first kappa shape index (κ1) is 19.3. The van der Waals surface area contributed by atoms with Gasteiger partial charge < -0.3 is 10.2 Å². The number of nitrogens with one attached hydrogen (secondary N) is 1. The Hall–Kier alpha value is -2.72. The Kier molecular flexibility index (Phi) is 5.26. The van der Waals surface area contributed by atoms with Crippen molar-refractivity contribution in [3.8, 4) is 6.07 Å². The molecule has 2 heterocycles. The molecule has 2 aliphatic carbocycles. The summed E-state index contributed by atoms with van der Waals surface area (Å²) in [7, 11) is 0. The van der Waals surface area contributed by atoms with Crippen LogP contribution in [0.4, 0.5) is 5.82 Å². The first-order valence-corrected chi connectivity index (χ1v) is 11.2. The van der Waals surface area contributed by atoms with Crippen molar-refractivity contribution < 1.29 is 4.79 Å². The Morgan fingerprint density at radius 3 is 2.50 bits per heavy atom. The van der Waals surface area contributed by atoms with Crippen molar-refractivity contribution in [3.05, 3.63) is 30.1 Å². The van der Waals surface area contributed by atoms with Crippen LogP contribution in [0.2, 0.25) is 0 Å². The zero-order chi connectivity index (χ0) is 20.5. The van der Waals surface area contributed by atoms with Crippen LogP contribution in [0.1, 0.15) is 44.1 Å². The highest BCUT2D eigenvalue weighted by atomic mass is 16.2. The van der Waals surface area contributed by atoms with Crippen LogP contribution in [0, 0.1) is 17.2 Å². The summed E-state index contributed by atoms with van der Waals surface area (Å²) in [6, 6.07) is 8.75. The highest BCUT2D eigenvalue weighted by Gasteiger charge is 2.36. The van der Waals surface area contributed by atoms with Crippen LogP contribution in [-0.2, 0) is 4.79 Å². The van der Waals surface area contributed by atoms with E-state index in [0.29, 0.717) is 29.5 Å². The van der Waals surface area contributed by atoms with Gasteiger partial charge in [0.1, 0.15) is 12.1 Å². The summed E-state index contributed by atoms with van der Waals surface area (Å²) >= 11 is 0. The van der Waals surface area contributed by atoms with Crippen LogP contribution in [0.5, 0.6) is 0 Å². The molecule has 3 aliphatic rings. The molecule has 156 valence electrons. The molecule has 1 aromatic heterocycles. The van der Waals surface area contributed by atoms with Crippen LogP contribution in [-0.4, -0.2) is 63.9 Å². The van der Waals surface area contributed by atoms with Crippen molar-refractivity contribution >= 4 is 22.6 Å². The molecule has 0 atom stereocenters. The molecule has 0 spiro atoms. The van der Waals surface area contributed by atoms with Gasteiger partial charge >= 0.3 is 0 Å². The number of carbonyl (C=O) groups is 1. The topological polar surface area (TPSA) is 85.2 Å². The summed E-state index contributed by atoms with van der Waals surface area (Å²) in [6.45, 7) is 3.80. The van der Waals surface area contributed by atoms with E-state index in [9.17, 15) is 10.1 Å². The number of carbonyl (C=O) groups excluding carboxylic acids is 1. The van der Waals surface area contributed by atoms with Gasteiger partial charge in [-0.25, -0.2) is 9.97 Å². The quantitative estimate of drug-likeness (QED) is 0.843. The van der Waals surface area contributed by atoms with E-state index in [1.54, 1.807) is 12.4 Å². The molecule has 7 heteroatoms. The highest BCUT2D eigenvalue weighted by Crippen LogP contribution is 2.32. The molecular weight excluding hydrogens is 376 g/mol. The lowest BCUT2D eigenvalue weighted by Crippen LogP contribution is -2.53. The highest BCUT2D eigenvalue weighted by molar-refractivity contribution is 5.89. The number of hydrogen-bond acceptors (Lipinski definition) is 6. The minimum atomic E-state index is 0.333. The summed E-state index contributed by atoms with van der Waals surface area (Å²) in [5, 5.41) is 13.7. The molecule has 30 heavy (non-hydrogen) atoms. The lowest BCUT2D eigenvalue weighted by molar-refractivity contribution is -0.134. The van der Waals surface area contributed by atoms with E-state index in [2.05, 4.69) is 31.2 Å². The van der Waals surface area contributed by atoms with Gasteiger partial charge in [-0.3, -0.25) is 9.69 Å². The summed E-state index contributed by atoms with van der Waals surface area (Å²) in [4.78, 5) is 25.7. The van der Waals surface area contributed by atoms with Gasteiger partial charge in [0.15, 0.2) is 0 Å². The fourth-order valence-electron chi connectivity index (χ4n) is 4.92. The van der Waals surface area contributed by atoms with Crippen molar-refractivity contribution in [2.24, 2.45) is 5.92 Å². The molecule has 1 N–H and O–H groups in total. The lowest BCUT2D eigenvalue weighted by Gasteiger charge is -2.42. The normalized spacial score (nSPS) is 25.1. The van der Waals surface area contributed by atoms with Crippen molar-refractivity contribution in [2.45, 2.75) is 50.6 Å². The molecule has 1 aliphatic heterocycles. The summed E-state index contributed by atoms with van der Waals surface area (Å²) < 4.78 is 0. The predicted octanol–water partition coefficient (Wildman–Crippen LogP) is 2.78. The molecule has 1 saturated heterocycles. The van der Waals surface area contributed by atoms with Crippen LogP contribution in [0.25, 0.3) is 10.9 Å². The number of anilines is 1. The molecular formula is C23H28N6O. The van der Waals surface area contributed by atoms with E-state index < -0.39 is 0 Å². The monoisotopic (exact) mass is 404 g/mol. The standard InChI is InChI=1S/C23H28N6O/c24-14-16-1-8-21-20(13-16)22(26-15-25-21)27-18-4-6-19(7-5-18)28-9-11-29(12-10-28)23(30)17-2-3-17/h1,8,13,15,17-19H,2-7,9-12H2,(H,25,26,27). The van der Waals surface area contributed by atoms with Crippen LogP contribution in [0.15, 0.2) is 24.5 Å². The van der Waals surface area contributed by atoms with Gasteiger partial charge in [0.25, 0.3) is 0 Å². The molecule has 2 saturated carbocycles. The fourth-order valence-corrected chi connectivity index (χ4v) is 4.92. The molecule has 1 amide bonds. The zero-order valence-electron chi connectivity index (χ0n) is 17.3. The van der Waals surface area contributed by atoms with Gasteiger partial charge in [-0.15, -0.1) is 0 Å². The van der Waals surface area contributed by atoms with E-state index in [1.165, 1.54) is 12.8 Å². The smallest absolute Gasteiger partial charge is 0.225 e. The second-order valence-corrected chi connectivity index (χ2v) is 8.85. The molecule has 0 unspecified atom stereocenters. The molecule has 5 rings (SSSR count). The van der Waals surface area contributed by atoms with E-state index in [-0.39, 0.29) is 0 Å². The first-order valence-electron chi connectivity index (χ1n) is 11.2. The number of amides is 1. The van der Waals surface area contributed by atoms with Gasteiger partial charge in [0, 0.05) is 49.6 Å². The predicted molar refractivity (Wildman–Crippen MR) is 115 cm³/mol. The third kappa shape index (κ3) is 3.97. The van der Waals surface area contributed by atoms with E-state index in [4.69, 9.17) is 0 Å². The van der Waals surface area contributed by atoms with Crippen LogP contribution < -0.4 is 5.32 Å². The molecule has 2 aromatic rings. The number of nitrogens with zero attached hydrogens (tertiary/aromatic N) is 5. The summed E-state index contributed by atoms with van der Waals surface area (Å²) in [6.07, 6.45) is 8.32. The Morgan fingerprint density at radius 1 is 1.03 bits per heavy atom. The fraction of sp³-hybridized carbons (Fsp3) is 0.565. The maximum Gasteiger partial charge on any atom is 0.225 e. The molecule has 1 aromatic carbocycles. The van der Waals surface area contributed by atoms with Gasteiger partial charge in [0.05, 0.1) is 17.1 Å². The number of fused-ring (bicyclic) bond motifs is 1. The Bertz CT molecular complexity index is 965. The third-order valence-corrected chi connectivity index (χ3v) is 6.87. The van der Waals surface area contributed by atoms with Crippen molar-refractivity contribution in [3.63, 3.8) is 0 Å². The number of rotatable bonds is 4. The van der Waals surface area contributed by atoms with Gasteiger partial charge in [-0.05, 0) is 56.7 Å². The average molecular weight is 405 g/mol. The van der Waals surface area contributed by atoms with Crippen molar-refractivity contribution in [1.29, 1.82) is 5.26 Å². The summed E-state index contributed by atoms with van der Waals surface area (Å²) in [5.74, 6) is 1.55. The number of benzene rings is 1. The molecule has 3 fully saturated rings. The summed E-state index contributed by atoms with van der Waals surface area (Å²) in [5.41, 5.74) is 1.49. The largest absolute Gasteiger partial charge is 0.367 e. The minimum absolute atomic E-state index is 0.333. The molecule has 0 radical (unpaired) electrons. The second-order valence-electron chi connectivity index (χ2n) is 8.85. The van der Waals surface area contributed by atoms with Crippen LogP contribution >= 0.6 is 0 Å². The Morgan fingerprint density at radius 2 is 1.80 bits per heavy atom. The van der Waals surface area contributed by atoms with E-state index in [1.807, 2.05) is 12.1 Å². The van der Waals surface area contributed by atoms with Crippen LogP contribution in [0.3, 0.4) is 0 Å².